The van der Waals surface area contributed by atoms with Crippen LogP contribution in [0, 0.1) is 6.92 Å². The van der Waals surface area contributed by atoms with Gasteiger partial charge in [-0.25, -0.2) is 0 Å². The molecule has 2 aromatic carbocycles. The van der Waals surface area contributed by atoms with Gasteiger partial charge in [0.1, 0.15) is 5.75 Å². The van der Waals surface area contributed by atoms with E-state index in [1.165, 1.54) is 11.1 Å². The van der Waals surface area contributed by atoms with Gasteiger partial charge in [0.2, 0.25) is 0 Å². The zero-order valence-electron chi connectivity index (χ0n) is 15.0. The second-order valence-corrected chi connectivity index (χ2v) is 7.05. The standard InChI is InChI=1S/C21H25NO2/c1-13-6-9-19(24-5)16(10-13)15-7-8-18-20(17(15)12-23)14(2)11-21(3,4)22-18/h6-11,22-23H,12H2,1-5H3. The average Bonchev–Trinajstić information content (AvgIpc) is 2.52. The number of anilines is 1. The van der Waals surface area contributed by atoms with E-state index >= 15 is 0 Å². The molecule has 126 valence electrons. The quantitative estimate of drug-likeness (QED) is 0.855. The number of hydrogen-bond donors (Lipinski definition) is 2. The molecule has 0 amide bonds. The maximum atomic E-state index is 10.1. The Morgan fingerprint density at radius 3 is 2.50 bits per heavy atom. The van der Waals surface area contributed by atoms with Gasteiger partial charge in [-0.2, -0.15) is 0 Å². The lowest BCUT2D eigenvalue weighted by Crippen LogP contribution is -2.31. The fourth-order valence-electron chi connectivity index (χ4n) is 3.65. The van der Waals surface area contributed by atoms with Gasteiger partial charge in [0.25, 0.3) is 0 Å². The van der Waals surface area contributed by atoms with Gasteiger partial charge >= 0.3 is 0 Å². The van der Waals surface area contributed by atoms with Gasteiger partial charge in [-0.05, 0) is 62.6 Å². The van der Waals surface area contributed by atoms with E-state index in [9.17, 15) is 5.11 Å². The topological polar surface area (TPSA) is 41.5 Å². The zero-order chi connectivity index (χ0) is 17.5. The zero-order valence-corrected chi connectivity index (χ0v) is 15.0. The van der Waals surface area contributed by atoms with Gasteiger partial charge in [-0.3, -0.25) is 0 Å². The highest BCUT2D eigenvalue weighted by Gasteiger charge is 2.26. The van der Waals surface area contributed by atoms with Crippen LogP contribution in [0.2, 0.25) is 0 Å². The number of aliphatic hydroxyl groups is 1. The summed E-state index contributed by atoms with van der Waals surface area (Å²) in [6.45, 7) is 8.46. The Balaban J connectivity index is 2.26. The molecule has 3 rings (SSSR count). The molecule has 1 aliphatic heterocycles. The lowest BCUT2D eigenvalue weighted by atomic mass is 9.85. The maximum absolute atomic E-state index is 10.1. The van der Waals surface area contributed by atoms with Crippen LogP contribution in [-0.2, 0) is 6.61 Å². The molecule has 0 atom stereocenters. The second kappa shape index (κ2) is 5.99. The lowest BCUT2D eigenvalue weighted by molar-refractivity contribution is 0.282. The molecule has 0 aliphatic carbocycles. The molecule has 1 heterocycles. The number of ether oxygens (including phenoxy) is 1. The van der Waals surface area contributed by atoms with Crippen molar-refractivity contribution in [2.24, 2.45) is 0 Å². The molecule has 3 nitrogen and oxygen atoms in total. The third-order valence-electron chi connectivity index (χ3n) is 4.54. The first-order valence-electron chi connectivity index (χ1n) is 8.26. The number of benzene rings is 2. The number of fused-ring (bicyclic) bond motifs is 1. The summed E-state index contributed by atoms with van der Waals surface area (Å²) in [5.41, 5.74) is 7.40. The Hall–Kier alpha value is -2.26. The van der Waals surface area contributed by atoms with E-state index in [0.717, 1.165) is 33.7 Å². The third-order valence-corrected chi connectivity index (χ3v) is 4.54. The van der Waals surface area contributed by atoms with Crippen molar-refractivity contribution in [3.8, 4) is 16.9 Å². The summed E-state index contributed by atoms with van der Waals surface area (Å²) in [5.74, 6) is 0.820. The summed E-state index contributed by atoms with van der Waals surface area (Å²) in [6.07, 6.45) is 2.21. The first kappa shape index (κ1) is 16.6. The summed E-state index contributed by atoms with van der Waals surface area (Å²) in [7, 11) is 1.68. The van der Waals surface area contributed by atoms with Crippen LogP contribution >= 0.6 is 0 Å². The van der Waals surface area contributed by atoms with E-state index in [1.807, 2.05) is 12.1 Å². The molecule has 1 aliphatic rings. The van der Waals surface area contributed by atoms with Crippen LogP contribution in [0.15, 0.2) is 36.4 Å². The molecule has 0 fully saturated rings. The Morgan fingerprint density at radius 2 is 1.83 bits per heavy atom. The number of nitrogens with one attached hydrogen (secondary N) is 1. The van der Waals surface area contributed by atoms with Crippen LogP contribution in [0.4, 0.5) is 5.69 Å². The average molecular weight is 323 g/mol. The largest absolute Gasteiger partial charge is 0.496 e. The van der Waals surface area contributed by atoms with Gasteiger partial charge < -0.3 is 15.2 Å². The van der Waals surface area contributed by atoms with Gasteiger partial charge in [0, 0.05) is 16.8 Å². The van der Waals surface area contributed by atoms with Crippen LogP contribution in [0.5, 0.6) is 5.75 Å². The molecule has 0 saturated carbocycles. The second-order valence-electron chi connectivity index (χ2n) is 7.05. The molecular weight excluding hydrogens is 298 g/mol. The molecule has 2 aromatic rings. The highest BCUT2D eigenvalue weighted by molar-refractivity contribution is 5.88. The number of rotatable bonds is 3. The van der Waals surface area contributed by atoms with Crippen molar-refractivity contribution in [1.29, 1.82) is 0 Å². The van der Waals surface area contributed by atoms with Crippen molar-refractivity contribution in [3.63, 3.8) is 0 Å². The van der Waals surface area contributed by atoms with Crippen molar-refractivity contribution in [2.75, 3.05) is 12.4 Å². The van der Waals surface area contributed by atoms with Gasteiger partial charge in [-0.15, -0.1) is 0 Å². The minimum atomic E-state index is -0.0909. The Kier molecular flexibility index (Phi) is 4.14. The summed E-state index contributed by atoms with van der Waals surface area (Å²) >= 11 is 0. The van der Waals surface area contributed by atoms with E-state index in [1.54, 1.807) is 7.11 Å². The Bertz CT molecular complexity index is 819. The maximum Gasteiger partial charge on any atom is 0.126 e. The number of aliphatic hydroxyl groups excluding tert-OH is 1. The smallest absolute Gasteiger partial charge is 0.126 e. The van der Waals surface area contributed by atoms with E-state index in [0.29, 0.717) is 0 Å². The third kappa shape index (κ3) is 2.80. The van der Waals surface area contributed by atoms with E-state index in [-0.39, 0.29) is 12.1 Å². The summed E-state index contributed by atoms with van der Waals surface area (Å²) in [6, 6.07) is 10.3. The first-order valence-corrected chi connectivity index (χ1v) is 8.26. The van der Waals surface area contributed by atoms with Gasteiger partial charge in [0.15, 0.2) is 0 Å². The van der Waals surface area contributed by atoms with Gasteiger partial charge in [0.05, 0.1) is 19.3 Å². The molecule has 0 bridgehead atoms. The van der Waals surface area contributed by atoms with Crippen molar-refractivity contribution >= 4 is 11.3 Å². The summed E-state index contributed by atoms with van der Waals surface area (Å²) in [4.78, 5) is 0. The molecular formula is C21H25NO2. The Labute approximate surface area is 144 Å². The van der Waals surface area contributed by atoms with Crippen molar-refractivity contribution in [3.05, 3.63) is 53.1 Å². The molecule has 0 spiro atoms. The molecule has 0 unspecified atom stereocenters. The van der Waals surface area contributed by atoms with Crippen LogP contribution < -0.4 is 10.1 Å². The number of hydrogen-bond acceptors (Lipinski definition) is 3. The molecule has 0 aromatic heterocycles. The van der Waals surface area contributed by atoms with Crippen LogP contribution in [0.25, 0.3) is 16.7 Å². The normalized spacial score (nSPS) is 15.3. The fraction of sp³-hybridized carbons (Fsp3) is 0.333. The fourth-order valence-corrected chi connectivity index (χ4v) is 3.65. The number of aryl methyl sites for hydroxylation is 1. The van der Waals surface area contributed by atoms with Crippen molar-refractivity contribution in [2.45, 2.75) is 39.8 Å². The van der Waals surface area contributed by atoms with Crippen LogP contribution in [0.3, 0.4) is 0 Å². The number of methoxy groups -OCH3 is 1. The van der Waals surface area contributed by atoms with Crippen LogP contribution in [-0.4, -0.2) is 17.8 Å². The van der Waals surface area contributed by atoms with Crippen molar-refractivity contribution < 1.29 is 9.84 Å². The van der Waals surface area contributed by atoms with E-state index in [4.69, 9.17) is 4.74 Å². The summed E-state index contributed by atoms with van der Waals surface area (Å²) in [5, 5.41) is 13.7. The molecule has 24 heavy (non-hydrogen) atoms. The molecule has 0 radical (unpaired) electrons. The van der Waals surface area contributed by atoms with Gasteiger partial charge in [-0.1, -0.05) is 23.8 Å². The minimum absolute atomic E-state index is 0.0110. The highest BCUT2D eigenvalue weighted by Crippen LogP contribution is 2.42. The lowest BCUT2D eigenvalue weighted by Gasteiger charge is -2.33. The number of allylic oxidation sites excluding steroid dienone is 1. The first-order chi connectivity index (χ1) is 11.4. The monoisotopic (exact) mass is 323 g/mol. The predicted molar refractivity (Wildman–Crippen MR) is 100 cm³/mol. The SMILES string of the molecule is COc1ccc(C)cc1-c1ccc2c(c1CO)C(C)=CC(C)(C)N2. The molecule has 3 heteroatoms. The molecule has 0 saturated heterocycles. The molecule has 2 N–H and O–H groups in total. The van der Waals surface area contributed by atoms with E-state index in [2.05, 4.69) is 57.3 Å². The minimum Gasteiger partial charge on any atom is -0.496 e. The van der Waals surface area contributed by atoms with Crippen molar-refractivity contribution in [1.82, 2.24) is 0 Å². The Morgan fingerprint density at radius 1 is 1.08 bits per heavy atom. The van der Waals surface area contributed by atoms with E-state index < -0.39 is 0 Å². The highest BCUT2D eigenvalue weighted by atomic mass is 16.5. The predicted octanol–water partition coefficient (Wildman–Crippen LogP) is 4.77. The summed E-state index contributed by atoms with van der Waals surface area (Å²) < 4.78 is 5.55. The van der Waals surface area contributed by atoms with Crippen LogP contribution in [0.1, 0.15) is 37.5 Å².